The molecule has 1 aliphatic rings. The first-order valence-electron chi connectivity index (χ1n) is 6.27. The van der Waals surface area contributed by atoms with Crippen LogP contribution in [0.5, 0.6) is 0 Å². The average Bonchev–Trinajstić information content (AvgIpc) is 2.27. The Morgan fingerprint density at radius 1 is 1.50 bits per heavy atom. The van der Waals surface area contributed by atoms with Gasteiger partial charge in [0, 0.05) is 0 Å². The maximum atomic E-state index is 13.6. The Hall–Kier alpha value is -1.58. The Balaban J connectivity index is 2.14. The summed E-state index contributed by atoms with van der Waals surface area (Å²) in [6, 6.07) is 6.17. The van der Waals surface area contributed by atoms with E-state index in [0.717, 1.165) is 12.8 Å². The summed E-state index contributed by atoms with van der Waals surface area (Å²) in [5.74, 6) is -0.915. The Labute approximate surface area is 106 Å². The second-order valence-electron chi connectivity index (χ2n) is 5.24. The number of rotatable bonds is 5. The van der Waals surface area contributed by atoms with Gasteiger partial charge in [-0.25, -0.2) is 9.18 Å². The number of benzene rings is 1. The molecule has 0 amide bonds. The minimum absolute atomic E-state index is 0.252. The van der Waals surface area contributed by atoms with Gasteiger partial charge in [0.2, 0.25) is 0 Å². The quantitative estimate of drug-likeness (QED) is 0.844. The third kappa shape index (κ3) is 2.63. The second-order valence-corrected chi connectivity index (χ2v) is 5.24. The van der Waals surface area contributed by atoms with Crippen LogP contribution in [0, 0.1) is 11.7 Å². The normalized spacial score (nSPS) is 18.8. The number of hydrogen-bond acceptors (Lipinski definition) is 2. The van der Waals surface area contributed by atoms with Gasteiger partial charge in [-0.1, -0.05) is 31.4 Å². The van der Waals surface area contributed by atoms with Gasteiger partial charge in [0.15, 0.2) is 0 Å². The van der Waals surface area contributed by atoms with Crippen LogP contribution >= 0.6 is 0 Å². The van der Waals surface area contributed by atoms with Crippen molar-refractivity contribution in [2.24, 2.45) is 5.92 Å². The smallest absolute Gasteiger partial charge is 0.329 e. The molecule has 1 aliphatic carbocycles. The van der Waals surface area contributed by atoms with Gasteiger partial charge >= 0.3 is 5.97 Å². The number of nitrogens with one attached hydrogen (secondary N) is 1. The van der Waals surface area contributed by atoms with E-state index in [-0.39, 0.29) is 5.69 Å². The maximum absolute atomic E-state index is 13.6. The fraction of sp³-hybridized carbons (Fsp3) is 0.500. The molecule has 0 heterocycles. The van der Waals surface area contributed by atoms with Crippen molar-refractivity contribution in [1.82, 2.24) is 0 Å². The Kier molecular flexibility index (Phi) is 3.55. The van der Waals surface area contributed by atoms with E-state index in [2.05, 4.69) is 5.32 Å². The zero-order chi connectivity index (χ0) is 13.2. The van der Waals surface area contributed by atoms with E-state index in [1.54, 1.807) is 25.1 Å². The van der Waals surface area contributed by atoms with Crippen LogP contribution in [0.2, 0.25) is 0 Å². The van der Waals surface area contributed by atoms with Crippen molar-refractivity contribution in [1.29, 1.82) is 0 Å². The standard InChI is InChI=1S/C14H18FNO2/c1-14(13(17)18,9-10-5-4-6-10)16-12-8-3-2-7-11(12)15/h2-3,7-8,10,16H,4-6,9H2,1H3,(H,17,18). The van der Waals surface area contributed by atoms with Gasteiger partial charge in [0.1, 0.15) is 11.4 Å². The SMILES string of the molecule is CC(CC1CCC1)(Nc1ccccc1F)C(=O)O. The van der Waals surface area contributed by atoms with E-state index in [1.165, 1.54) is 12.5 Å². The molecule has 18 heavy (non-hydrogen) atoms. The molecule has 2 N–H and O–H groups in total. The summed E-state index contributed by atoms with van der Waals surface area (Å²) in [6.07, 6.45) is 3.85. The molecule has 0 aromatic heterocycles. The molecule has 1 saturated carbocycles. The molecule has 1 aromatic rings. The minimum Gasteiger partial charge on any atom is -0.480 e. The van der Waals surface area contributed by atoms with E-state index >= 15 is 0 Å². The molecule has 98 valence electrons. The van der Waals surface area contributed by atoms with E-state index in [9.17, 15) is 14.3 Å². The number of carboxylic acids is 1. The zero-order valence-electron chi connectivity index (χ0n) is 10.4. The van der Waals surface area contributed by atoms with Crippen molar-refractivity contribution in [3.63, 3.8) is 0 Å². The van der Waals surface area contributed by atoms with Crippen LogP contribution in [0.25, 0.3) is 0 Å². The molecule has 1 unspecified atom stereocenters. The Morgan fingerprint density at radius 3 is 2.67 bits per heavy atom. The lowest BCUT2D eigenvalue weighted by molar-refractivity contribution is -0.142. The predicted octanol–water partition coefficient (Wildman–Crippen LogP) is 3.27. The average molecular weight is 251 g/mol. The molecular weight excluding hydrogens is 233 g/mol. The van der Waals surface area contributed by atoms with Crippen molar-refractivity contribution in [3.8, 4) is 0 Å². The number of halogens is 1. The lowest BCUT2D eigenvalue weighted by Gasteiger charge is -2.35. The van der Waals surface area contributed by atoms with Crippen LogP contribution in [0.4, 0.5) is 10.1 Å². The summed E-state index contributed by atoms with van der Waals surface area (Å²) >= 11 is 0. The summed E-state index contributed by atoms with van der Waals surface area (Å²) in [5.41, 5.74) is -0.852. The first kappa shape index (κ1) is 12.9. The second kappa shape index (κ2) is 4.96. The topological polar surface area (TPSA) is 49.3 Å². The third-order valence-corrected chi connectivity index (χ3v) is 3.68. The summed E-state index contributed by atoms with van der Waals surface area (Å²) < 4.78 is 13.6. The molecule has 3 nitrogen and oxygen atoms in total. The monoisotopic (exact) mass is 251 g/mol. The van der Waals surface area contributed by atoms with Gasteiger partial charge in [-0.2, -0.15) is 0 Å². The molecule has 4 heteroatoms. The van der Waals surface area contributed by atoms with Gasteiger partial charge in [-0.05, 0) is 31.4 Å². The van der Waals surface area contributed by atoms with Crippen LogP contribution in [0.1, 0.15) is 32.6 Å². The number of anilines is 1. The molecule has 1 aromatic carbocycles. The van der Waals surface area contributed by atoms with E-state index in [1.807, 2.05) is 0 Å². The fourth-order valence-electron chi connectivity index (χ4n) is 2.33. The summed E-state index contributed by atoms with van der Waals surface area (Å²) in [6.45, 7) is 1.63. The predicted molar refractivity (Wildman–Crippen MR) is 68.0 cm³/mol. The maximum Gasteiger partial charge on any atom is 0.329 e. The summed E-state index contributed by atoms with van der Waals surface area (Å²) in [4.78, 5) is 11.4. The van der Waals surface area contributed by atoms with Crippen LogP contribution < -0.4 is 5.32 Å². The number of carbonyl (C=O) groups is 1. The van der Waals surface area contributed by atoms with E-state index < -0.39 is 17.3 Å². The first-order valence-corrected chi connectivity index (χ1v) is 6.27. The van der Waals surface area contributed by atoms with Crippen molar-refractivity contribution < 1.29 is 14.3 Å². The number of aliphatic carboxylic acids is 1. The highest BCUT2D eigenvalue weighted by atomic mass is 19.1. The lowest BCUT2D eigenvalue weighted by Crippen LogP contribution is -2.46. The summed E-state index contributed by atoms with van der Waals surface area (Å²) in [7, 11) is 0. The summed E-state index contributed by atoms with van der Waals surface area (Å²) in [5, 5.41) is 12.2. The molecule has 0 saturated heterocycles. The van der Waals surface area contributed by atoms with Crippen molar-refractivity contribution >= 4 is 11.7 Å². The van der Waals surface area contributed by atoms with Gasteiger partial charge in [-0.15, -0.1) is 0 Å². The third-order valence-electron chi connectivity index (χ3n) is 3.68. The molecule has 0 aliphatic heterocycles. The van der Waals surface area contributed by atoms with Crippen LogP contribution in [0.3, 0.4) is 0 Å². The van der Waals surface area contributed by atoms with Gasteiger partial charge in [0.25, 0.3) is 0 Å². The molecule has 0 bridgehead atoms. The molecule has 0 radical (unpaired) electrons. The molecule has 0 spiro atoms. The molecule has 1 atom stereocenters. The van der Waals surface area contributed by atoms with Gasteiger partial charge in [-0.3, -0.25) is 0 Å². The van der Waals surface area contributed by atoms with Gasteiger partial charge < -0.3 is 10.4 Å². The lowest BCUT2D eigenvalue weighted by atomic mass is 9.76. The highest BCUT2D eigenvalue weighted by Gasteiger charge is 2.37. The van der Waals surface area contributed by atoms with Crippen LogP contribution in [-0.2, 0) is 4.79 Å². The molecular formula is C14H18FNO2. The van der Waals surface area contributed by atoms with Crippen molar-refractivity contribution in [3.05, 3.63) is 30.1 Å². The Morgan fingerprint density at radius 2 is 2.17 bits per heavy atom. The van der Waals surface area contributed by atoms with E-state index in [4.69, 9.17) is 0 Å². The zero-order valence-corrected chi connectivity index (χ0v) is 10.4. The molecule has 1 fully saturated rings. The van der Waals surface area contributed by atoms with Crippen molar-refractivity contribution in [2.45, 2.75) is 38.1 Å². The fourth-order valence-corrected chi connectivity index (χ4v) is 2.33. The highest BCUT2D eigenvalue weighted by molar-refractivity contribution is 5.82. The Bertz CT molecular complexity index is 445. The van der Waals surface area contributed by atoms with Gasteiger partial charge in [0.05, 0.1) is 5.69 Å². The number of carboxylic acid groups (broad SMARTS) is 1. The first-order chi connectivity index (χ1) is 8.51. The van der Waals surface area contributed by atoms with E-state index in [0.29, 0.717) is 12.3 Å². The highest BCUT2D eigenvalue weighted by Crippen LogP contribution is 2.35. The minimum atomic E-state index is -1.10. The molecule has 2 rings (SSSR count). The number of hydrogen-bond donors (Lipinski definition) is 2. The van der Waals surface area contributed by atoms with Crippen LogP contribution in [0.15, 0.2) is 24.3 Å². The largest absolute Gasteiger partial charge is 0.480 e. The van der Waals surface area contributed by atoms with Crippen molar-refractivity contribution in [2.75, 3.05) is 5.32 Å². The number of para-hydroxylation sites is 1. The van der Waals surface area contributed by atoms with Crippen LogP contribution in [-0.4, -0.2) is 16.6 Å².